The van der Waals surface area contributed by atoms with Gasteiger partial charge in [-0.3, -0.25) is 0 Å². The van der Waals surface area contributed by atoms with Crippen LogP contribution in [0.25, 0.3) is 0 Å². The predicted octanol–water partition coefficient (Wildman–Crippen LogP) is 5.22. The minimum Gasteiger partial charge on any atom is -0.219 e. The minimum absolute atomic E-state index is 0.124. The van der Waals surface area contributed by atoms with Crippen molar-refractivity contribution in [1.29, 1.82) is 0 Å². The summed E-state index contributed by atoms with van der Waals surface area (Å²) in [5, 5.41) is 1.21. The Morgan fingerprint density at radius 3 is 1.35 bits per heavy atom. The van der Waals surface area contributed by atoms with Crippen molar-refractivity contribution in [3.05, 3.63) is 92.7 Å². The number of hydrogen-bond acceptors (Lipinski definition) is 2. The second kappa shape index (κ2) is 7.35. The molecule has 2 aromatic carbocycles. The highest BCUT2D eigenvalue weighted by molar-refractivity contribution is 7.98. The molecule has 0 spiro atoms. The lowest BCUT2D eigenvalue weighted by molar-refractivity contribution is 0.606. The first kappa shape index (κ1) is 17.8. The van der Waals surface area contributed by atoms with Gasteiger partial charge in [-0.1, -0.05) is 60.6 Å². The van der Waals surface area contributed by atoms with Gasteiger partial charge in [0.2, 0.25) is 0 Å². The SMILES string of the molecule is C=C(Cc1ccc(Cl)cc1)S(=O)(=O)C(=C)Cc1ccc(Cl)cc1. The summed E-state index contributed by atoms with van der Waals surface area (Å²) in [7, 11) is -3.61. The third kappa shape index (κ3) is 4.71. The van der Waals surface area contributed by atoms with E-state index in [4.69, 9.17) is 23.2 Å². The summed E-state index contributed by atoms with van der Waals surface area (Å²) in [6.07, 6.45) is 0.471. The maximum atomic E-state index is 12.5. The number of halogens is 2. The van der Waals surface area contributed by atoms with Gasteiger partial charge >= 0.3 is 0 Å². The van der Waals surface area contributed by atoms with Crippen LogP contribution in [0.3, 0.4) is 0 Å². The van der Waals surface area contributed by atoms with Crippen LogP contribution in [-0.2, 0) is 22.7 Å². The van der Waals surface area contributed by atoms with Gasteiger partial charge in [0, 0.05) is 32.7 Å². The zero-order chi connectivity index (χ0) is 17.0. The third-order valence-corrected chi connectivity index (χ3v) is 5.70. The summed E-state index contributed by atoms with van der Waals surface area (Å²) in [6, 6.07) is 14.0. The number of allylic oxidation sites excluding steroid dienone is 2. The maximum Gasteiger partial charge on any atom is 0.198 e. The molecule has 2 aromatic rings. The van der Waals surface area contributed by atoms with E-state index in [1.807, 2.05) is 0 Å². The minimum atomic E-state index is -3.61. The molecule has 0 aromatic heterocycles. The molecule has 0 radical (unpaired) electrons. The molecule has 0 unspecified atom stereocenters. The number of hydrogen-bond donors (Lipinski definition) is 0. The van der Waals surface area contributed by atoms with Crippen LogP contribution in [0.15, 0.2) is 71.5 Å². The predicted molar refractivity (Wildman–Crippen MR) is 97.5 cm³/mol. The fourth-order valence-electron chi connectivity index (χ4n) is 2.05. The average molecular weight is 367 g/mol. The van der Waals surface area contributed by atoms with Gasteiger partial charge in [-0.25, -0.2) is 8.42 Å². The fourth-order valence-corrected chi connectivity index (χ4v) is 3.43. The molecule has 0 aliphatic heterocycles. The van der Waals surface area contributed by atoms with E-state index in [0.29, 0.717) is 10.0 Å². The second-order valence-electron chi connectivity index (χ2n) is 5.19. The Balaban J connectivity index is 2.09. The molecule has 0 aliphatic rings. The first-order valence-electron chi connectivity index (χ1n) is 6.88. The van der Waals surface area contributed by atoms with Gasteiger partial charge in [0.1, 0.15) is 0 Å². The van der Waals surface area contributed by atoms with Crippen LogP contribution >= 0.6 is 23.2 Å². The van der Waals surface area contributed by atoms with Crippen LogP contribution in [-0.4, -0.2) is 8.42 Å². The quantitative estimate of drug-likeness (QED) is 0.701. The van der Waals surface area contributed by atoms with Gasteiger partial charge in [-0.2, -0.15) is 0 Å². The lowest BCUT2D eigenvalue weighted by Crippen LogP contribution is -2.10. The molecule has 5 heteroatoms. The fraction of sp³-hybridized carbons (Fsp3) is 0.111. The van der Waals surface area contributed by atoms with Gasteiger partial charge in [0.15, 0.2) is 9.84 Å². The van der Waals surface area contributed by atoms with Crippen LogP contribution in [0.5, 0.6) is 0 Å². The number of sulfone groups is 1. The van der Waals surface area contributed by atoms with E-state index in [2.05, 4.69) is 13.2 Å². The van der Waals surface area contributed by atoms with E-state index in [0.717, 1.165) is 11.1 Å². The molecule has 2 nitrogen and oxygen atoms in total. The zero-order valence-electron chi connectivity index (χ0n) is 12.4. The van der Waals surface area contributed by atoms with Gasteiger partial charge in [0.05, 0.1) is 0 Å². The smallest absolute Gasteiger partial charge is 0.198 e. The van der Waals surface area contributed by atoms with Crippen molar-refractivity contribution >= 4 is 33.0 Å². The van der Waals surface area contributed by atoms with E-state index < -0.39 is 9.84 Å². The van der Waals surface area contributed by atoms with E-state index in [1.54, 1.807) is 48.5 Å². The van der Waals surface area contributed by atoms with Crippen LogP contribution in [0.1, 0.15) is 11.1 Å². The Morgan fingerprint density at radius 1 is 0.739 bits per heavy atom. The number of rotatable bonds is 6. The van der Waals surface area contributed by atoms with Crippen LogP contribution in [0, 0.1) is 0 Å². The Bertz CT molecular complexity index is 755. The molecular weight excluding hydrogens is 351 g/mol. The molecule has 0 atom stereocenters. The Labute approximate surface area is 147 Å². The van der Waals surface area contributed by atoms with Crippen molar-refractivity contribution in [2.24, 2.45) is 0 Å². The zero-order valence-corrected chi connectivity index (χ0v) is 14.8. The maximum absolute atomic E-state index is 12.5. The van der Waals surface area contributed by atoms with Gasteiger partial charge in [0.25, 0.3) is 0 Å². The monoisotopic (exact) mass is 366 g/mol. The topological polar surface area (TPSA) is 34.1 Å². The second-order valence-corrected chi connectivity index (χ2v) is 8.22. The molecule has 0 aliphatic carbocycles. The highest BCUT2D eigenvalue weighted by atomic mass is 35.5. The largest absolute Gasteiger partial charge is 0.219 e. The summed E-state index contributed by atoms with van der Waals surface area (Å²) in [6.45, 7) is 7.44. The first-order valence-corrected chi connectivity index (χ1v) is 9.12. The van der Waals surface area contributed by atoms with E-state index in [-0.39, 0.29) is 22.7 Å². The summed E-state index contributed by atoms with van der Waals surface area (Å²) >= 11 is 11.7. The normalized spacial score (nSPS) is 11.2. The molecule has 120 valence electrons. The molecule has 0 N–H and O–H groups in total. The molecule has 0 saturated carbocycles. The van der Waals surface area contributed by atoms with Crippen LogP contribution in [0.2, 0.25) is 10.0 Å². The summed E-state index contributed by atoms with van der Waals surface area (Å²) in [5.41, 5.74) is 1.67. The first-order chi connectivity index (χ1) is 10.8. The van der Waals surface area contributed by atoms with Gasteiger partial charge < -0.3 is 0 Å². The highest BCUT2D eigenvalue weighted by Crippen LogP contribution is 2.23. The molecular formula is C18H16Cl2O2S. The Morgan fingerprint density at radius 2 is 1.04 bits per heavy atom. The standard InChI is InChI=1S/C18H16Cl2O2S/c1-13(11-15-3-7-17(19)8-4-15)23(21,22)14(2)12-16-5-9-18(20)10-6-16/h3-10H,1-2,11-12H2. The van der Waals surface area contributed by atoms with E-state index in [1.165, 1.54) is 0 Å². The summed E-state index contributed by atoms with van der Waals surface area (Å²) in [4.78, 5) is 0.248. The van der Waals surface area contributed by atoms with E-state index in [9.17, 15) is 8.42 Å². The number of benzene rings is 2. The average Bonchev–Trinajstić information content (AvgIpc) is 2.51. The third-order valence-electron chi connectivity index (χ3n) is 3.39. The van der Waals surface area contributed by atoms with Crippen molar-refractivity contribution in [1.82, 2.24) is 0 Å². The molecule has 0 amide bonds. The molecule has 0 bridgehead atoms. The Kier molecular flexibility index (Phi) is 5.69. The van der Waals surface area contributed by atoms with Crippen molar-refractivity contribution in [2.75, 3.05) is 0 Å². The molecule has 0 heterocycles. The molecule has 2 rings (SSSR count). The summed E-state index contributed by atoms with van der Waals surface area (Å²) < 4.78 is 25.0. The van der Waals surface area contributed by atoms with Crippen LogP contribution in [0.4, 0.5) is 0 Å². The van der Waals surface area contributed by atoms with Gasteiger partial charge in [-0.05, 0) is 35.4 Å². The van der Waals surface area contributed by atoms with Crippen molar-refractivity contribution in [3.8, 4) is 0 Å². The highest BCUT2D eigenvalue weighted by Gasteiger charge is 2.20. The van der Waals surface area contributed by atoms with Crippen LogP contribution < -0.4 is 0 Å². The van der Waals surface area contributed by atoms with Crippen molar-refractivity contribution in [3.63, 3.8) is 0 Å². The lowest BCUT2D eigenvalue weighted by atomic mass is 10.1. The van der Waals surface area contributed by atoms with Crippen molar-refractivity contribution in [2.45, 2.75) is 12.8 Å². The lowest BCUT2D eigenvalue weighted by Gasteiger charge is -2.11. The molecule has 0 saturated heterocycles. The summed E-state index contributed by atoms with van der Waals surface area (Å²) in [5.74, 6) is 0. The molecule has 23 heavy (non-hydrogen) atoms. The van der Waals surface area contributed by atoms with E-state index >= 15 is 0 Å². The Hall–Kier alpha value is -1.55. The molecule has 0 fully saturated rings. The van der Waals surface area contributed by atoms with Gasteiger partial charge in [-0.15, -0.1) is 0 Å². The van der Waals surface area contributed by atoms with Crippen molar-refractivity contribution < 1.29 is 8.42 Å².